The van der Waals surface area contributed by atoms with Gasteiger partial charge in [-0.05, 0) is 116 Å². The quantitative estimate of drug-likeness (QED) is 0.0625. The van der Waals surface area contributed by atoms with Gasteiger partial charge in [-0.1, -0.05) is 38.1 Å². The van der Waals surface area contributed by atoms with Crippen LogP contribution in [0.4, 0.5) is 29.1 Å². The Morgan fingerprint density at radius 1 is 0.914 bits per heavy atom. The van der Waals surface area contributed by atoms with Crippen LogP contribution in [0.2, 0.25) is 0 Å². The van der Waals surface area contributed by atoms with E-state index in [1.165, 1.54) is 30.4 Å². The normalized spacial score (nSPS) is 21.2. The summed E-state index contributed by atoms with van der Waals surface area (Å²) in [6, 6.07) is 19.5. The van der Waals surface area contributed by atoms with Crippen molar-refractivity contribution in [3.63, 3.8) is 0 Å². The second-order valence-electron chi connectivity index (χ2n) is 22.6. The molecule has 434 valence electrons. The third-order valence-electron chi connectivity index (χ3n) is 16.8. The number of pyridine rings is 3. The van der Waals surface area contributed by atoms with Crippen molar-refractivity contribution in [1.82, 2.24) is 34.5 Å². The maximum atomic E-state index is 15.0. The van der Waals surface area contributed by atoms with Gasteiger partial charge in [0.1, 0.15) is 32.8 Å². The van der Waals surface area contributed by atoms with E-state index in [4.69, 9.17) is 14.2 Å². The lowest BCUT2D eigenvalue weighted by atomic mass is 9.59. The third kappa shape index (κ3) is 12.2. The Morgan fingerprint density at radius 3 is 2.36 bits per heavy atom. The van der Waals surface area contributed by atoms with E-state index in [9.17, 15) is 44.3 Å². The molecule has 2 aliphatic carbocycles. The summed E-state index contributed by atoms with van der Waals surface area (Å²) < 4.78 is 130. The van der Waals surface area contributed by atoms with E-state index >= 15 is 0 Å². The minimum atomic E-state index is -6.19. The van der Waals surface area contributed by atoms with Gasteiger partial charge in [-0.2, -0.15) is 18.2 Å². The number of rotatable bonds is 17. The van der Waals surface area contributed by atoms with E-state index in [2.05, 4.69) is 78.1 Å². The van der Waals surface area contributed by atoms with Gasteiger partial charge in [0.05, 0.1) is 30.8 Å². The molecule has 18 nitrogen and oxygen atoms in total. The number of aromatic amines is 1. The number of carbonyl (C=O) groups excluding carboxylic acids is 1. The fourth-order valence-corrected chi connectivity index (χ4v) is 14.0. The van der Waals surface area contributed by atoms with Crippen molar-refractivity contribution in [3.05, 3.63) is 113 Å². The Labute approximate surface area is 468 Å². The number of amides is 1. The van der Waals surface area contributed by atoms with Crippen molar-refractivity contribution in [2.75, 3.05) is 63.7 Å². The van der Waals surface area contributed by atoms with Crippen LogP contribution in [0, 0.1) is 17.2 Å². The Morgan fingerprint density at radius 2 is 1.65 bits per heavy atom. The molecule has 81 heavy (non-hydrogen) atoms. The first-order chi connectivity index (χ1) is 38.4. The summed E-state index contributed by atoms with van der Waals surface area (Å²) in [5.41, 5.74) is -2.41. The van der Waals surface area contributed by atoms with E-state index < -0.39 is 58.3 Å². The van der Waals surface area contributed by atoms with Crippen molar-refractivity contribution >= 4 is 48.3 Å². The molecule has 2 saturated carbocycles. The predicted molar refractivity (Wildman–Crippen MR) is 295 cm³/mol. The number of aliphatic hydroxyl groups is 1. The number of piperidine rings is 1. The number of ether oxygens (including phenoxy) is 3. The standard InChI is InChI=1S/C57H67F4N9O9S2/c1-35(2)41-8-6-7-9-42(41)46-34-68(33-37-14-19-62-50(24-37)77-4)22-23-70(46)39-28-56(29-39)17-20-69(21-18-56)38-10-11-43(47(25-38)79-48-27-44-45(58)32-65-51(44)66-54(48)78-5)53(71)67-81(75,76)40-26-49(80(73,74)57(59,60)61)52(64-31-40)63-30-36-12-15-55(3,72)16-13-36/h6-11,14,19,24-27,31-32,35-36,39,46,72H,12-13,15-18,20-23,28-30,33-34H2,1-5H3,(H,63,64)(H,65,66)(H,67,71)/t36?,46-,55?/m0/s1. The van der Waals surface area contributed by atoms with Crippen LogP contribution in [0.25, 0.3) is 11.0 Å². The lowest BCUT2D eigenvalue weighted by Gasteiger charge is -2.58. The van der Waals surface area contributed by atoms with Gasteiger partial charge in [-0.25, -0.2) is 35.9 Å². The van der Waals surface area contributed by atoms with Crippen LogP contribution in [0.5, 0.6) is 23.3 Å². The molecule has 4 aliphatic rings. The summed E-state index contributed by atoms with van der Waals surface area (Å²) in [6.07, 6.45) is 9.15. The number of carbonyl (C=O) groups is 1. The molecular weight excluding hydrogens is 1090 g/mol. The average Bonchev–Trinajstić information content (AvgIpc) is 3.80. The van der Waals surface area contributed by atoms with E-state index in [-0.39, 0.29) is 57.9 Å². The Balaban J connectivity index is 0.880. The van der Waals surface area contributed by atoms with Crippen LogP contribution < -0.4 is 29.1 Å². The number of benzene rings is 2. The predicted octanol–water partition coefficient (Wildman–Crippen LogP) is 9.50. The van der Waals surface area contributed by atoms with Crippen LogP contribution in [-0.4, -0.2) is 128 Å². The second kappa shape index (κ2) is 22.6. The molecule has 0 unspecified atom stereocenters. The van der Waals surface area contributed by atoms with Crippen molar-refractivity contribution in [3.8, 4) is 23.3 Å². The number of piperazine rings is 1. The number of H-pyrrole nitrogens is 1. The number of alkyl halides is 3. The van der Waals surface area contributed by atoms with Crippen LogP contribution in [-0.2, 0) is 26.4 Å². The first-order valence-corrected chi connectivity index (χ1v) is 30.1. The monoisotopic (exact) mass is 1160 g/mol. The van der Waals surface area contributed by atoms with E-state index in [1.54, 1.807) is 32.4 Å². The molecule has 1 amide bonds. The van der Waals surface area contributed by atoms with Gasteiger partial charge in [0.15, 0.2) is 5.75 Å². The molecule has 0 bridgehead atoms. The Bertz CT molecular complexity index is 3520. The summed E-state index contributed by atoms with van der Waals surface area (Å²) in [5.74, 6) is -2.33. The third-order valence-corrected chi connectivity index (χ3v) is 19.6. The highest BCUT2D eigenvalue weighted by Crippen LogP contribution is 2.54. The zero-order valence-electron chi connectivity index (χ0n) is 45.7. The molecule has 2 aromatic carbocycles. The molecule has 4 N–H and O–H groups in total. The average molecular weight is 1160 g/mol. The van der Waals surface area contributed by atoms with Crippen LogP contribution in [0.1, 0.15) is 111 Å². The highest BCUT2D eigenvalue weighted by atomic mass is 32.2. The van der Waals surface area contributed by atoms with Gasteiger partial charge in [-0.15, -0.1) is 0 Å². The van der Waals surface area contributed by atoms with Gasteiger partial charge < -0.3 is 34.5 Å². The Hall–Kier alpha value is -6.60. The molecule has 6 aromatic rings. The number of halogens is 4. The molecule has 24 heteroatoms. The topological polar surface area (TPSA) is 222 Å². The summed E-state index contributed by atoms with van der Waals surface area (Å²) in [6.45, 7) is 10.9. The highest BCUT2D eigenvalue weighted by Gasteiger charge is 2.51. The summed E-state index contributed by atoms with van der Waals surface area (Å²) in [7, 11) is -8.40. The van der Waals surface area contributed by atoms with E-state index in [1.807, 2.05) is 16.9 Å². The van der Waals surface area contributed by atoms with Gasteiger partial charge in [-0.3, -0.25) is 14.6 Å². The van der Waals surface area contributed by atoms with E-state index in [0.717, 1.165) is 63.6 Å². The first-order valence-electron chi connectivity index (χ1n) is 27.1. The number of sulfonamides is 1. The van der Waals surface area contributed by atoms with E-state index in [0.29, 0.717) is 74.6 Å². The lowest BCUT2D eigenvalue weighted by Crippen LogP contribution is -2.60. The van der Waals surface area contributed by atoms with Crippen molar-refractivity contribution in [2.45, 2.75) is 118 Å². The molecule has 1 atom stereocenters. The second-order valence-corrected chi connectivity index (χ2v) is 26.2. The van der Waals surface area contributed by atoms with Crippen molar-refractivity contribution in [2.24, 2.45) is 11.3 Å². The molecule has 2 saturated heterocycles. The number of fused-ring (bicyclic) bond motifs is 1. The molecule has 4 aromatic heterocycles. The zero-order valence-corrected chi connectivity index (χ0v) is 47.4. The number of hydrogen-bond donors (Lipinski definition) is 4. The molecule has 10 rings (SSSR count). The number of nitrogens with zero attached hydrogens (tertiary/aromatic N) is 6. The van der Waals surface area contributed by atoms with Gasteiger partial charge in [0, 0.05) is 100 Å². The number of anilines is 2. The Kier molecular flexibility index (Phi) is 16.1. The maximum Gasteiger partial charge on any atom is 0.502 e. The maximum absolute atomic E-state index is 15.0. The minimum absolute atomic E-state index is 0.00726. The highest BCUT2D eigenvalue weighted by molar-refractivity contribution is 7.92. The summed E-state index contributed by atoms with van der Waals surface area (Å²) >= 11 is 0. The smallest absolute Gasteiger partial charge is 0.481 e. The van der Waals surface area contributed by atoms with Crippen LogP contribution in [0.3, 0.4) is 0 Å². The van der Waals surface area contributed by atoms with Crippen molar-refractivity contribution in [1.29, 1.82) is 0 Å². The summed E-state index contributed by atoms with van der Waals surface area (Å²) in [4.78, 5) is 34.3. The molecule has 2 aliphatic heterocycles. The van der Waals surface area contributed by atoms with Crippen molar-refractivity contribution < 1.29 is 58.5 Å². The SMILES string of the molecule is COc1cc(CN2CCN(C3CC4(CCN(c5ccc(C(=O)NS(=O)(=O)c6cnc(NCC7CCC(C)(O)CC7)c(S(=O)(=O)C(F)(F)F)c6)c(Oc6cc7c(F)c[nH]c7nc6OC)c5)CC4)C3)[C@H](c3ccccc3C(C)C)C2)ccn1. The molecule has 6 heterocycles. The largest absolute Gasteiger partial charge is 0.502 e. The first kappa shape index (κ1) is 57.6. The molecule has 1 spiro atoms. The number of nitrogens with one attached hydrogen (secondary N) is 3. The molecular formula is C57H67F4N9O9S2. The molecule has 4 fully saturated rings. The van der Waals surface area contributed by atoms with Gasteiger partial charge in [0.2, 0.25) is 5.88 Å². The summed E-state index contributed by atoms with van der Waals surface area (Å²) in [5, 5.41) is 13.0. The molecule has 0 radical (unpaired) electrons. The van der Waals surface area contributed by atoms with Gasteiger partial charge in [0.25, 0.3) is 31.6 Å². The van der Waals surface area contributed by atoms with Crippen LogP contribution in [0.15, 0.2) is 95.1 Å². The zero-order chi connectivity index (χ0) is 57.6. The fraction of sp³-hybridized carbons (Fsp3) is 0.474. The lowest BCUT2D eigenvalue weighted by molar-refractivity contribution is -0.0628. The fourth-order valence-electron chi connectivity index (χ4n) is 12.1. The number of methoxy groups -OCH3 is 2. The number of hydrogen-bond acceptors (Lipinski definition) is 16. The minimum Gasteiger partial charge on any atom is -0.481 e. The van der Waals surface area contributed by atoms with Crippen LogP contribution >= 0.6 is 0 Å². The van der Waals surface area contributed by atoms with Gasteiger partial charge >= 0.3 is 5.51 Å². The number of sulfone groups is 1. The number of aromatic nitrogens is 4.